The Labute approximate surface area is 179 Å². The van der Waals surface area contributed by atoms with Gasteiger partial charge in [0.05, 0.1) is 17.9 Å². The Morgan fingerprint density at radius 2 is 1.87 bits per heavy atom. The van der Waals surface area contributed by atoms with Gasteiger partial charge in [-0.2, -0.15) is 0 Å². The molecule has 0 saturated heterocycles. The van der Waals surface area contributed by atoms with E-state index in [0.717, 1.165) is 5.56 Å². The van der Waals surface area contributed by atoms with Crippen molar-refractivity contribution in [1.29, 1.82) is 0 Å². The molecule has 2 amide bonds. The van der Waals surface area contributed by atoms with Gasteiger partial charge >= 0.3 is 6.09 Å². The molecule has 160 valence electrons. The van der Waals surface area contributed by atoms with Crippen LogP contribution in [0.25, 0.3) is 0 Å². The van der Waals surface area contributed by atoms with Crippen molar-refractivity contribution < 1.29 is 23.9 Å². The second kappa shape index (κ2) is 7.86. The van der Waals surface area contributed by atoms with E-state index in [9.17, 15) is 14.4 Å². The predicted molar refractivity (Wildman–Crippen MR) is 115 cm³/mol. The van der Waals surface area contributed by atoms with Crippen molar-refractivity contribution in [2.45, 2.75) is 32.5 Å². The highest BCUT2D eigenvalue weighted by atomic mass is 16.6. The van der Waals surface area contributed by atoms with Gasteiger partial charge in [-0.25, -0.2) is 9.79 Å². The minimum absolute atomic E-state index is 0.137. The van der Waals surface area contributed by atoms with Crippen molar-refractivity contribution in [3.8, 4) is 5.75 Å². The molecule has 0 bridgehead atoms. The molecule has 0 aliphatic carbocycles. The second-order valence-electron chi connectivity index (χ2n) is 8.30. The summed E-state index contributed by atoms with van der Waals surface area (Å²) in [7, 11) is 0. The Bertz CT molecular complexity index is 1070. The number of Topliss-reactive ketones (excluding diaryl/α,β-unsaturated/α-hetero) is 1. The molecule has 1 atom stereocenters. The molecule has 0 fully saturated rings. The van der Waals surface area contributed by atoms with E-state index in [4.69, 9.17) is 9.47 Å². The van der Waals surface area contributed by atoms with E-state index in [2.05, 4.69) is 10.3 Å². The summed E-state index contributed by atoms with van der Waals surface area (Å²) < 4.78 is 11.0. The summed E-state index contributed by atoms with van der Waals surface area (Å²) in [5, 5.41) is 2.55. The average Bonchev–Trinajstić information content (AvgIpc) is 2.95. The normalized spacial score (nSPS) is 18.2. The van der Waals surface area contributed by atoms with Crippen LogP contribution in [0.3, 0.4) is 0 Å². The lowest BCUT2D eigenvalue weighted by Gasteiger charge is -2.25. The molecule has 2 aliphatic rings. The molecule has 8 heteroatoms. The Morgan fingerprint density at radius 3 is 2.58 bits per heavy atom. The molecule has 0 spiro atoms. The third kappa shape index (κ3) is 4.28. The number of benzene rings is 2. The maximum atomic E-state index is 13.4. The third-order valence-electron chi connectivity index (χ3n) is 4.71. The summed E-state index contributed by atoms with van der Waals surface area (Å²) in [6.07, 6.45) is -2.04. The molecule has 0 aromatic heterocycles. The van der Waals surface area contributed by atoms with Gasteiger partial charge in [0, 0.05) is 11.1 Å². The number of hydrogen-bond donors (Lipinski definition) is 1. The first kappa shape index (κ1) is 20.6. The van der Waals surface area contributed by atoms with Gasteiger partial charge in [0.25, 0.3) is 5.91 Å². The Kier molecular flexibility index (Phi) is 5.22. The predicted octanol–water partition coefficient (Wildman–Crippen LogP) is 2.68. The molecule has 8 nitrogen and oxygen atoms in total. The molecule has 2 aromatic carbocycles. The number of ketones is 1. The number of carbonyl (C=O) groups excluding carboxylic acids is 3. The minimum atomic E-state index is -1.27. The van der Waals surface area contributed by atoms with E-state index in [1.54, 1.807) is 32.9 Å². The van der Waals surface area contributed by atoms with E-state index in [1.807, 2.05) is 36.4 Å². The fourth-order valence-corrected chi connectivity index (χ4v) is 3.50. The Balaban J connectivity index is 1.85. The van der Waals surface area contributed by atoms with Crippen molar-refractivity contribution >= 4 is 29.2 Å². The molecule has 1 N–H and O–H groups in total. The topological polar surface area (TPSA) is 97.3 Å². The van der Waals surface area contributed by atoms with Crippen LogP contribution in [0, 0.1) is 0 Å². The van der Waals surface area contributed by atoms with Crippen LogP contribution in [0.15, 0.2) is 53.5 Å². The lowest BCUT2D eigenvalue weighted by atomic mass is 9.99. The molecule has 2 aliphatic heterocycles. The monoisotopic (exact) mass is 421 g/mol. The first-order valence-electron chi connectivity index (χ1n) is 9.95. The van der Waals surface area contributed by atoms with Crippen molar-refractivity contribution in [2.24, 2.45) is 4.99 Å². The Hall–Kier alpha value is -3.68. The number of hydrogen-bond acceptors (Lipinski definition) is 6. The first-order valence-corrected chi connectivity index (χ1v) is 9.95. The Morgan fingerprint density at radius 1 is 1.13 bits per heavy atom. The van der Waals surface area contributed by atoms with Gasteiger partial charge in [0.2, 0.25) is 6.17 Å². The SMILES string of the molecule is CC(C)(C)OC(=O)NC1N=C(c2ccccc2)c2cccc3c2N(CC(=O)CO3)C1=O. The number of anilines is 1. The van der Waals surface area contributed by atoms with E-state index in [-0.39, 0.29) is 18.9 Å². The lowest BCUT2D eigenvalue weighted by molar-refractivity contribution is -0.124. The molecule has 2 aromatic rings. The third-order valence-corrected chi connectivity index (χ3v) is 4.71. The lowest BCUT2D eigenvalue weighted by Crippen LogP contribution is -2.49. The van der Waals surface area contributed by atoms with Crippen LogP contribution < -0.4 is 15.0 Å². The van der Waals surface area contributed by atoms with E-state index in [0.29, 0.717) is 22.7 Å². The largest absolute Gasteiger partial charge is 0.484 e. The van der Waals surface area contributed by atoms with Gasteiger partial charge in [-0.05, 0) is 26.8 Å². The van der Waals surface area contributed by atoms with Gasteiger partial charge in [-0.15, -0.1) is 0 Å². The van der Waals surface area contributed by atoms with Crippen LogP contribution in [0.5, 0.6) is 5.75 Å². The zero-order valence-electron chi connectivity index (χ0n) is 17.5. The molecule has 2 heterocycles. The standard InChI is InChI=1S/C23H23N3O5/c1-23(2,3)31-22(29)25-20-21(28)26-12-15(27)13-30-17-11-7-10-16(19(17)26)18(24-20)14-8-5-4-6-9-14/h4-11,20H,12-13H2,1-3H3,(H,25,29). The summed E-state index contributed by atoms with van der Waals surface area (Å²) in [4.78, 5) is 44.1. The number of aliphatic imine (C=N–C) groups is 1. The van der Waals surface area contributed by atoms with E-state index in [1.165, 1.54) is 4.90 Å². The minimum Gasteiger partial charge on any atom is -0.484 e. The van der Waals surface area contributed by atoms with Crippen LogP contribution in [-0.2, 0) is 14.3 Å². The van der Waals surface area contributed by atoms with Crippen LogP contribution in [0.1, 0.15) is 31.9 Å². The van der Waals surface area contributed by atoms with Gasteiger partial charge in [-0.3, -0.25) is 19.8 Å². The highest BCUT2D eigenvalue weighted by Crippen LogP contribution is 2.37. The quantitative estimate of drug-likeness (QED) is 0.804. The van der Waals surface area contributed by atoms with Crippen molar-refractivity contribution in [3.63, 3.8) is 0 Å². The number of ether oxygens (including phenoxy) is 2. The number of nitrogens with one attached hydrogen (secondary N) is 1. The summed E-state index contributed by atoms with van der Waals surface area (Å²) in [5.41, 5.74) is 1.63. The molecular formula is C23H23N3O5. The number of nitrogens with zero attached hydrogens (tertiary/aromatic N) is 2. The maximum absolute atomic E-state index is 13.4. The number of para-hydroxylation sites is 1. The molecule has 1 unspecified atom stereocenters. The smallest absolute Gasteiger partial charge is 0.409 e. The van der Waals surface area contributed by atoms with E-state index >= 15 is 0 Å². The number of rotatable bonds is 2. The summed E-state index contributed by atoms with van der Waals surface area (Å²) in [5.74, 6) is -0.378. The van der Waals surface area contributed by atoms with Crippen molar-refractivity contribution in [1.82, 2.24) is 5.32 Å². The molecule has 0 saturated carbocycles. The average molecular weight is 421 g/mol. The fraction of sp³-hybridized carbons (Fsp3) is 0.304. The first-order chi connectivity index (χ1) is 14.7. The van der Waals surface area contributed by atoms with Crippen LogP contribution in [0.4, 0.5) is 10.5 Å². The molecule has 31 heavy (non-hydrogen) atoms. The number of alkyl carbamates (subject to hydrolysis) is 1. The van der Waals surface area contributed by atoms with Crippen LogP contribution in [0.2, 0.25) is 0 Å². The molecular weight excluding hydrogens is 398 g/mol. The van der Waals surface area contributed by atoms with Gasteiger partial charge < -0.3 is 9.47 Å². The summed E-state index contributed by atoms with van der Waals surface area (Å²) >= 11 is 0. The van der Waals surface area contributed by atoms with Crippen molar-refractivity contribution in [3.05, 3.63) is 59.7 Å². The summed E-state index contributed by atoms with van der Waals surface area (Å²) in [6.45, 7) is 4.88. The number of amides is 2. The van der Waals surface area contributed by atoms with Crippen LogP contribution in [-0.4, -0.2) is 48.4 Å². The highest BCUT2D eigenvalue weighted by molar-refractivity contribution is 6.22. The second-order valence-corrected chi connectivity index (χ2v) is 8.30. The fourth-order valence-electron chi connectivity index (χ4n) is 3.50. The van der Waals surface area contributed by atoms with Gasteiger partial charge in [-0.1, -0.05) is 42.5 Å². The highest BCUT2D eigenvalue weighted by Gasteiger charge is 2.38. The van der Waals surface area contributed by atoms with E-state index < -0.39 is 23.8 Å². The zero-order chi connectivity index (χ0) is 22.2. The molecule has 4 rings (SSSR count). The summed E-state index contributed by atoms with van der Waals surface area (Å²) in [6, 6.07) is 14.6. The van der Waals surface area contributed by atoms with Gasteiger partial charge in [0.15, 0.2) is 5.78 Å². The van der Waals surface area contributed by atoms with Crippen LogP contribution >= 0.6 is 0 Å². The molecule has 0 radical (unpaired) electrons. The number of carbonyl (C=O) groups is 3. The zero-order valence-corrected chi connectivity index (χ0v) is 17.5. The maximum Gasteiger partial charge on any atom is 0.409 e. The van der Waals surface area contributed by atoms with Gasteiger partial charge in [0.1, 0.15) is 18.0 Å². The van der Waals surface area contributed by atoms with Crippen molar-refractivity contribution in [2.75, 3.05) is 18.1 Å².